The minimum absolute atomic E-state index is 0.205. The van der Waals surface area contributed by atoms with Gasteiger partial charge in [0.15, 0.2) is 0 Å². The topological polar surface area (TPSA) is 17.1 Å². The van der Waals surface area contributed by atoms with Gasteiger partial charge in [-0.05, 0) is 42.7 Å². The number of ketones is 1. The molecule has 0 bridgehead atoms. The van der Waals surface area contributed by atoms with Crippen LogP contribution in [0.3, 0.4) is 0 Å². The molecule has 0 aliphatic rings. The lowest BCUT2D eigenvalue weighted by atomic mass is 9.97. The standard InChI is InChI=1S/C19H19F3O/c1-2-3-4-5-14-6-10-16(11-7-14)19(21,22)18(23)15-8-12-17(20)13-9-15/h6-13H,2-5H2,1H3. The first kappa shape index (κ1) is 17.3. The molecule has 0 spiro atoms. The third-order valence-electron chi connectivity index (χ3n) is 3.78. The Labute approximate surface area is 134 Å². The highest BCUT2D eigenvalue weighted by atomic mass is 19.3. The van der Waals surface area contributed by atoms with Crippen molar-refractivity contribution in [2.75, 3.05) is 0 Å². The van der Waals surface area contributed by atoms with Crippen LogP contribution in [0.5, 0.6) is 0 Å². The maximum absolute atomic E-state index is 14.3. The van der Waals surface area contributed by atoms with Crippen LogP contribution in [0.1, 0.15) is 47.7 Å². The summed E-state index contributed by atoms with van der Waals surface area (Å²) in [7, 11) is 0. The van der Waals surface area contributed by atoms with E-state index in [0.29, 0.717) is 0 Å². The number of halogens is 3. The molecule has 0 amide bonds. The number of hydrogen-bond acceptors (Lipinski definition) is 1. The van der Waals surface area contributed by atoms with Crippen molar-refractivity contribution >= 4 is 5.78 Å². The predicted octanol–water partition coefficient (Wildman–Crippen LogP) is 5.53. The van der Waals surface area contributed by atoms with E-state index in [1.807, 2.05) is 0 Å². The maximum Gasteiger partial charge on any atom is 0.334 e. The molecule has 122 valence electrons. The molecule has 0 saturated heterocycles. The van der Waals surface area contributed by atoms with Crippen molar-refractivity contribution in [1.29, 1.82) is 0 Å². The molecule has 0 aliphatic carbocycles. The predicted molar refractivity (Wildman–Crippen MR) is 84.3 cm³/mol. The summed E-state index contributed by atoms with van der Waals surface area (Å²) in [5.41, 5.74) is 0.432. The molecule has 2 aromatic rings. The van der Waals surface area contributed by atoms with E-state index >= 15 is 0 Å². The van der Waals surface area contributed by atoms with Gasteiger partial charge in [-0.3, -0.25) is 4.79 Å². The monoisotopic (exact) mass is 320 g/mol. The van der Waals surface area contributed by atoms with Crippen LogP contribution in [0.4, 0.5) is 13.2 Å². The fourth-order valence-electron chi connectivity index (χ4n) is 2.37. The molecule has 0 atom stereocenters. The summed E-state index contributed by atoms with van der Waals surface area (Å²) in [6.45, 7) is 2.10. The van der Waals surface area contributed by atoms with Gasteiger partial charge >= 0.3 is 5.92 Å². The number of rotatable bonds is 7. The van der Waals surface area contributed by atoms with Gasteiger partial charge in [-0.15, -0.1) is 0 Å². The van der Waals surface area contributed by atoms with Gasteiger partial charge < -0.3 is 0 Å². The fourth-order valence-corrected chi connectivity index (χ4v) is 2.37. The molecule has 23 heavy (non-hydrogen) atoms. The lowest BCUT2D eigenvalue weighted by Gasteiger charge is -2.16. The van der Waals surface area contributed by atoms with Crippen LogP contribution in [0.15, 0.2) is 48.5 Å². The average molecular weight is 320 g/mol. The summed E-state index contributed by atoms with van der Waals surface area (Å²) in [4.78, 5) is 12.0. The van der Waals surface area contributed by atoms with Gasteiger partial charge in [0.05, 0.1) is 0 Å². The van der Waals surface area contributed by atoms with Crippen LogP contribution in [0.2, 0.25) is 0 Å². The van der Waals surface area contributed by atoms with Gasteiger partial charge in [-0.1, -0.05) is 44.0 Å². The summed E-state index contributed by atoms with van der Waals surface area (Å²) in [6.07, 6.45) is 4.05. The molecule has 0 heterocycles. The smallest absolute Gasteiger partial charge is 0.287 e. The van der Waals surface area contributed by atoms with Crippen molar-refractivity contribution in [2.45, 2.75) is 38.5 Å². The Bertz CT molecular complexity index is 645. The number of Topliss-reactive ketones (excluding diaryl/α,β-unsaturated/α-hetero) is 1. The number of benzene rings is 2. The van der Waals surface area contributed by atoms with Crippen molar-refractivity contribution in [3.63, 3.8) is 0 Å². The van der Waals surface area contributed by atoms with E-state index in [0.717, 1.165) is 55.5 Å². The van der Waals surface area contributed by atoms with Crippen molar-refractivity contribution in [1.82, 2.24) is 0 Å². The van der Waals surface area contributed by atoms with Crippen LogP contribution in [-0.2, 0) is 12.3 Å². The van der Waals surface area contributed by atoms with Gasteiger partial charge in [0.1, 0.15) is 5.82 Å². The summed E-state index contributed by atoms with van der Waals surface area (Å²) in [5, 5.41) is 0. The van der Waals surface area contributed by atoms with Gasteiger partial charge in [-0.25, -0.2) is 4.39 Å². The van der Waals surface area contributed by atoms with Crippen molar-refractivity contribution < 1.29 is 18.0 Å². The van der Waals surface area contributed by atoms with Crippen LogP contribution in [0, 0.1) is 5.82 Å². The van der Waals surface area contributed by atoms with E-state index in [4.69, 9.17) is 0 Å². The van der Waals surface area contributed by atoms with E-state index in [2.05, 4.69) is 6.92 Å². The molecule has 0 aliphatic heterocycles. The largest absolute Gasteiger partial charge is 0.334 e. The molecule has 0 fully saturated rings. The first-order valence-corrected chi connectivity index (χ1v) is 7.72. The highest BCUT2D eigenvalue weighted by Gasteiger charge is 2.41. The lowest BCUT2D eigenvalue weighted by Crippen LogP contribution is -2.26. The number of alkyl halides is 2. The molecule has 2 rings (SSSR count). The molecule has 2 aromatic carbocycles. The SMILES string of the molecule is CCCCCc1ccc(C(F)(F)C(=O)c2ccc(F)cc2)cc1. The molecular formula is C19H19F3O. The van der Waals surface area contributed by atoms with Gasteiger partial charge in [0, 0.05) is 11.1 Å². The second-order valence-electron chi connectivity index (χ2n) is 5.56. The molecule has 0 aromatic heterocycles. The van der Waals surface area contributed by atoms with Gasteiger partial charge in [0.25, 0.3) is 0 Å². The highest BCUT2D eigenvalue weighted by Crippen LogP contribution is 2.32. The zero-order valence-corrected chi connectivity index (χ0v) is 13.0. The zero-order valence-electron chi connectivity index (χ0n) is 13.0. The number of aryl methyl sites for hydroxylation is 1. The van der Waals surface area contributed by atoms with E-state index in [-0.39, 0.29) is 11.1 Å². The zero-order chi connectivity index (χ0) is 16.9. The summed E-state index contributed by atoms with van der Waals surface area (Å²) >= 11 is 0. The van der Waals surface area contributed by atoms with E-state index in [1.165, 1.54) is 12.1 Å². The Morgan fingerprint density at radius 1 is 0.957 bits per heavy atom. The number of carbonyl (C=O) groups excluding carboxylic acids is 1. The number of carbonyl (C=O) groups is 1. The fraction of sp³-hybridized carbons (Fsp3) is 0.316. The van der Waals surface area contributed by atoms with Crippen molar-refractivity contribution in [2.24, 2.45) is 0 Å². The number of unbranched alkanes of at least 4 members (excludes halogenated alkanes) is 2. The van der Waals surface area contributed by atoms with Gasteiger partial charge in [-0.2, -0.15) is 8.78 Å². The van der Waals surface area contributed by atoms with Crippen LogP contribution < -0.4 is 0 Å². The second-order valence-corrected chi connectivity index (χ2v) is 5.56. The average Bonchev–Trinajstić information content (AvgIpc) is 2.55. The molecule has 0 N–H and O–H groups in total. The van der Waals surface area contributed by atoms with Crippen LogP contribution >= 0.6 is 0 Å². The minimum atomic E-state index is -3.63. The van der Waals surface area contributed by atoms with Crippen LogP contribution in [-0.4, -0.2) is 5.78 Å². The molecule has 0 saturated carbocycles. The van der Waals surface area contributed by atoms with E-state index in [9.17, 15) is 18.0 Å². The Kier molecular flexibility index (Phi) is 5.59. The second kappa shape index (κ2) is 7.44. The quantitative estimate of drug-likeness (QED) is 0.484. The first-order chi connectivity index (χ1) is 10.9. The van der Waals surface area contributed by atoms with Crippen molar-refractivity contribution in [3.05, 3.63) is 71.0 Å². The number of hydrogen-bond donors (Lipinski definition) is 0. The van der Waals surface area contributed by atoms with E-state index in [1.54, 1.807) is 12.1 Å². The molecule has 0 unspecified atom stereocenters. The first-order valence-electron chi connectivity index (χ1n) is 7.72. The third kappa shape index (κ3) is 4.21. The summed E-state index contributed by atoms with van der Waals surface area (Å²) in [5.74, 6) is -5.52. The summed E-state index contributed by atoms with van der Waals surface area (Å²) in [6, 6.07) is 10.0. The Morgan fingerprint density at radius 3 is 2.13 bits per heavy atom. The molecule has 1 nitrogen and oxygen atoms in total. The Morgan fingerprint density at radius 2 is 1.57 bits per heavy atom. The molecule has 0 radical (unpaired) electrons. The van der Waals surface area contributed by atoms with Gasteiger partial charge in [0.2, 0.25) is 5.78 Å². The molecular weight excluding hydrogens is 301 g/mol. The Hall–Kier alpha value is -2.10. The van der Waals surface area contributed by atoms with Crippen molar-refractivity contribution in [3.8, 4) is 0 Å². The third-order valence-corrected chi connectivity index (χ3v) is 3.78. The normalized spacial score (nSPS) is 11.5. The molecule has 4 heteroatoms. The van der Waals surface area contributed by atoms with E-state index < -0.39 is 17.5 Å². The Balaban J connectivity index is 2.15. The minimum Gasteiger partial charge on any atom is -0.287 e. The van der Waals surface area contributed by atoms with Crippen LogP contribution in [0.25, 0.3) is 0 Å². The highest BCUT2D eigenvalue weighted by molar-refractivity contribution is 6.01. The summed E-state index contributed by atoms with van der Waals surface area (Å²) < 4.78 is 41.5. The lowest BCUT2D eigenvalue weighted by molar-refractivity contribution is 0.00741. The maximum atomic E-state index is 14.3.